The molecule has 4 heteroatoms. The van der Waals surface area contributed by atoms with E-state index in [0.717, 1.165) is 0 Å². The van der Waals surface area contributed by atoms with E-state index in [9.17, 15) is 4.79 Å². The van der Waals surface area contributed by atoms with Crippen molar-refractivity contribution in [1.29, 1.82) is 0 Å². The molecule has 54 valence electrons. The van der Waals surface area contributed by atoms with Crippen LogP contribution in [-0.4, -0.2) is 28.3 Å². The third kappa shape index (κ3) is 2.43. The van der Waals surface area contributed by atoms with Gasteiger partial charge in [0.15, 0.2) is 6.10 Å². The van der Waals surface area contributed by atoms with Crippen LogP contribution < -0.4 is 5.73 Å². The van der Waals surface area contributed by atoms with Crippen LogP contribution in [0.2, 0.25) is 0 Å². The minimum Gasteiger partial charge on any atom is -0.390 e. The fourth-order valence-corrected chi connectivity index (χ4v) is 0.413. The summed E-state index contributed by atoms with van der Waals surface area (Å²) in [6.45, 7) is 1.65. The third-order valence-corrected chi connectivity index (χ3v) is 1.07. The molecule has 0 spiro atoms. The number of hydrogen-bond acceptors (Lipinski definition) is 3. The molecule has 0 aromatic carbocycles. The number of carbonyl (C=O) groups is 1. The molecule has 0 saturated heterocycles. The molecule has 0 radical (unpaired) electrons. The molecule has 0 aliphatic heterocycles. The van der Waals surface area contributed by atoms with Crippen LogP contribution in [0.4, 0.5) is 0 Å². The standard InChI is InChI=1S/C5H11NO3/c1-2-3(7)4(8)5(6)9/h3-4,7-8H,2H2,1H3,(H2,6,9). The van der Waals surface area contributed by atoms with Crippen LogP contribution in [0.25, 0.3) is 0 Å². The summed E-state index contributed by atoms with van der Waals surface area (Å²) in [5.74, 6) is -0.885. The Labute approximate surface area is 53.3 Å². The first-order chi connectivity index (χ1) is 4.09. The summed E-state index contributed by atoms with van der Waals surface area (Å²) >= 11 is 0. The van der Waals surface area contributed by atoms with Gasteiger partial charge in [-0.2, -0.15) is 0 Å². The molecule has 2 unspecified atom stereocenters. The first-order valence-corrected chi connectivity index (χ1v) is 2.75. The summed E-state index contributed by atoms with van der Waals surface area (Å²) < 4.78 is 0. The summed E-state index contributed by atoms with van der Waals surface area (Å²) in [6.07, 6.45) is -2.12. The van der Waals surface area contributed by atoms with E-state index in [1.807, 2.05) is 0 Å². The Bertz CT molecular complexity index is 104. The quantitative estimate of drug-likeness (QED) is 0.443. The van der Waals surface area contributed by atoms with Crippen molar-refractivity contribution in [3.63, 3.8) is 0 Å². The fourth-order valence-electron chi connectivity index (χ4n) is 0.413. The molecule has 0 aromatic rings. The number of primary amides is 1. The van der Waals surface area contributed by atoms with Crippen molar-refractivity contribution in [3.8, 4) is 0 Å². The molecule has 2 atom stereocenters. The van der Waals surface area contributed by atoms with E-state index >= 15 is 0 Å². The number of nitrogens with two attached hydrogens (primary N) is 1. The van der Waals surface area contributed by atoms with E-state index in [2.05, 4.69) is 5.73 Å². The predicted molar refractivity (Wildman–Crippen MR) is 31.5 cm³/mol. The molecule has 1 amide bonds. The highest BCUT2D eigenvalue weighted by Crippen LogP contribution is 1.95. The zero-order valence-corrected chi connectivity index (χ0v) is 5.24. The van der Waals surface area contributed by atoms with Gasteiger partial charge in [-0.3, -0.25) is 4.79 Å². The van der Waals surface area contributed by atoms with Crippen molar-refractivity contribution in [2.45, 2.75) is 25.6 Å². The molecular weight excluding hydrogens is 122 g/mol. The van der Waals surface area contributed by atoms with Crippen LogP contribution in [-0.2, 0) is 4.79 Å². The molecule has 0 fully saturated rings. The highest BCUT2D eigenvalue weighted by Gasteiger charge is 2.18. The molecule has 0 aliphatic carbocycles. The summed E-state index contributed by atoms with van der Waals surface area (Å²) in [5, 5.41) is 17.4. The van der Waals surface area contributed by atoms with Gasteiger partial charge in [0, 0.05) is 0 Å². The highest BCUT2D eigenvalue weighted by molar-refractivity contribution is 5.79. The topological polar surface area (TPSA) is 83.6 Å². The van der Waals surface area contributed by atoms with Gasteiger partial charge >= 0.3 is 0 Å². The second-order valence-electron chi connectivity index (χ2n) is 1.82. The molecule has 0 aliphatic rings. The number of hydrogen-bond donors (Lipinski definition) is 3. The van der Waals surface area contributed by atoms with E-state index in [4.69, 9.17) is 10.2 Å². The molecule has 4 nitrogen and oxygen atoms in total. The molecule has 4 N–H and O–H groups in total. The van der Waals surface area contributed by atoms with Gasteiger partial charge in [0.2, 0.25) is 5.91 Å². The van der Waals surface area contributed by atoms with Crippen LogP contribution in [0.1, 0.15) is 13.3 Å². The van der Waals surface area contributed by atoms with Gasteiger partial charge in [0.25, 0.3) is 0 Å². The van der Waals surface area contributed by atoms with E-state index in [1.54, 1.807) is 6.92 Å². The van der Waals surface area contributed by atoms with Crippen LogP contribution >= 0.6 is 0 Å². The fraction of sp³-hybridized carbons (Fsp3) is 0.800. The third-order valence-electron chi connectivity index (χ3n) is 1.07. The Morgan fingerprint density at radius 1 is 1.67 bits per heavy atom. The average molecular weight is 133 g/mol. The van der Waals surface area contributed by atoms with Crippen LogP contribution in [0.15, 0.2) is 0 Å². The van der Waals surface area contributed by atoms with Crippen molar-refractivity contribution in [3.05, 3.63) is 0 Å². The predicted octanol–water partition coefficient (Wildman–Crippen LogP) is -1.40. The normalized spacial score (nSPS) is 16.8. The minimum atomic E-state index is -1.42. The molecule has 0 aromatic heterocycles. The van der Waals surface area contributed by atoms with Gasteiger partial charge < -0.3 is 15.9 Å². The maximum atomic E-state index is 10.1. The number of aliphatic hydroxyl groups is 2. The van der Waals surface area contributed by atoms with E-state index in [-0.39, 0.29) is 0 Å². The summed E-state index contributed by atoms with van der Waals surface area (Å²) in [4.78, 5) is 10.1. The van der Waals surface area contributed by atoms with Crippen molar-refractivity contribution >= 4 is 5.91 Å². The van der Waals surface area contributed by atoms with Gasteiger partial charge in [-0.1, -0.05) is 6.92 Å². The SMILES string of the molecule is CCC(O)C(O)C(N)=O. The summed E-state index contributed by atoms with van der Waals surface area (Å²) in [7, 11) is 0. The van der Waals surface area contributed by atoms with Crippen molar-refractivity contribution in [2.24, 2.45) is 5.73 Å². The number of amides is 1. The Kier molecular flexibility index (Phi) is 3.19. The van der Waals surface area contributed by atoms with Crippen molar-refractivity contribution in [2.75, 3.05) is 0 Å². The number of aliphatic hydroxyl groups excluding tert-OH is 2. The Morgan fingerprint density at radius 2 is 2.11 bits per heavy atom. The van der Waals surface area contributed by atoms with Crippen LogP contribution in [0.5, 0.6) is 0 Å². The van der Waals surface area contributed by atoms with E-state index in [1.165, 1.54) is 0 Å². The maximum Gasteiger partial charge on any atom is 0.248 e. The highest BCUT2D eigenvalue weighted by atomic mass is 16.3. The first kappa shape index (κ1) is 8.39. The lowest BCUT2D eigenvalue weighted by Crippen LogP contribution is -2.38. The Hall–Kier alpha value is -0.610. The Morgan fingerprint density at radius 3 is 2.22 bits per heavy atom. The van der Waals surface area contributed by atoms with Gasteiger partial charge in [-0.05, 0) is 6.42 Å². The monoisotopic (exact) mass is 133 g/mol. The van der Waals surface area contributed by atoms with Gasteiger partial charge in [-0.15, -0.1) is 0 Å². The van der Waals surface area contributed by atoms with Gasteiger partial charge in [-0.25, -0.2) is 0 Å². The summed E-state index contributed by atoms with van der Waals surface area (Å²) in [6, 6.07) is 0. The largest absolute Gasteiger partial charge is 0.390 e. The average Bonchev–Trinajstić information content (AvgIpc) is 1.84. The maximum absolute atomic E-state index is 10.1. The smallest absolute Gasteiger partial charge is 0.248 e. The molecule has 0 heterocycles. The van der Waals surface area contributed by atoms with Crippen molar-refractivity contribution < 1.29 is 15.0 Å². The molecular formula is C5H11NO3. The zero-order chi connectivity index (χ0) is 7.44. The zero-order valence-electron chi connectivity index (χ0n) is 5.24. The van der Waals surface area contributed by atoms with E-state index in [0.29, 0.717) is 6.42 Å². The lowest BCUT2D eigenvalue weighted by atomic mass is 10.1. The lowest BCUT2D eigenvalue weighted by Gasteiger charge is -2.10. The second kappa shape index (κ2) is 3.42. The van der Waals surface area contributed by atoms with Crippen LogP contribution in [0.3, 0.4) is 0 Å². The molecule has 9 heavy (non-hydrogen) atoms. The lowest BCUT2D eigenvalue weighted by molar-refractivity contribution is -0.131. The first-order valence-electron chi connectivity index (χ1n) is 2.75. The van der Waals surface area contributed by atoms with Crippen LogP contribution in [0, 0.1) is 0 Å². The molecule has 0 saturated carbocycles. The second-order valence-corrected chi connectivity index (χ2v) is 1.82. The van der Waals surface area contributed by atoms with E-state index < -0.39 is 18.1 Å². The molecule has 0 bridgehead atoms. The van der Waals surface area contributed by atoms with Gasteiger partial charge in [0.1, 0.15) is 0 Å². The molecule has 0 rings (SSSR count). The van der Waals surface area contributed by atoms with Gasteiger partial charge in [0.05, 0.1) is 6.10 Å². The minimum absolute atomic E-state index is 0.324. The van der Waals surface area contributed by atoms with Crippen molar-refractivity contribution in [1.82, 2.24) is 0 Å². The Balaban J connectivity index is 3.72. The summed E-state index contributed by atoms with van der Waals surface area (Å²) in [5.41, 5.74) is 4.66. The number of rotatable bonds is 3. The number of carbonyl (C=O) groups excluding carboxylic acids is 1.